The summed E-state index contributed by atoms with van der Waals surface area (Å²) in [6.45, 7) is 2.36. The van der Waals surface area contributed by atoms with Crippen LogP contribution in [0.15, 0.2) is 47.6 Å². The number of thioether (sulfide) groups is 1. The van der Waals surface area contributed by atoms with Crippen molar-refractivity contribution in [2.75, 3.05) is 23.5 Å². The third-order valence-corrected chi connectivity index (χ3v) is 5.41. The van der Waals surface area contributed by atoms with Gasteiger partial charge in [0.15, 0.2) is 5.82 Å². The third-order valence-electron chi connectivity index (χ3n) is 3.91. The molecule has 2 aromatic carbocycles. The molecule has 0 saturated carbocycles. The molecule has 0 saturated heterocycles. The molecule has 0 unspecified atom stereocenters. The van der Waals surface area contributed by atoms with Gasteiger partial charge in [-0.1, -0.05) is 41.0 Å². The van der Waals surface area contributed by atoms with Crippen LogP contribution in [0.3, 0.4) is 0 Å². The highest BCUT2D eigenvalue weighted by Gasteiger charge is 2.16. The molecule has 3 aromatic rings. The number of amides is 2. The third kappa shape index (κ3) is 5.24. The van der Waals surface area contributed by atoms with E-state index in [0.29, 0.717) is 44.4 Å². The normalized spacial score (nSPS) is 10.6. The van der Waals surface area contributed by atoms with Crippen LogP contribution >= 0.6 is 35.0 Å². The molecular formula is C19H18Cl2N6O2S. The largest absolute Gasteiger partial charge is 0.352 e. The molecule has 0 spiro atoms. The van der Waals surface area contributed by atoms with E-state index in [1.54, 1.807) is 42.5 Å². The Labute approximate surface area is 187 Å². The van der Waals surface area contributed by atoms with E-state index < -0.39 is 0 Å². The van der Waals surface area contributed by atoms with Crippen molar-refractivity contribution in [3.05, 3.63) is 58.1 Å². The zero-order valence-corrected chi connectivity index (χ0v) is 18.2. The van der Waals surface area contributed by atoms with Crippen molar-refractivity contribution in [3.63, 3.8) is 0 Å². The number of halogens is 2. The first-order valence-corrected chi connectivity index (χ1v) is 10.6. The standard InChI is InChI=1S/C19H18Cl2N6O2S/c1-2-23-18(29)11-4-3-5-13(8-11)24-16(28)10-30-19-26-25-17(27(19)22)14-7-6-12(20)9-15(14)21/h3-9H,2,10,22H2,1H3,(H,23,29)(H,24,28). The smallest absolute Gasteiger partial charge is 0.251 e. The molecule has 4 N–H and O–H groups in total. The number of nitrogens with one attached hydrogen (secondary N) is 2. The van der Waals surface area contributed by atoms with Crippen LogP contribution in [-0.4, -0.2) is 39.0 Å². The molecule has 0 aliphatic heterocycles. The Morgan fingerprint density at radius 2 is 1.97 bits per heavy atom. The molecule has 1 heterocycles. The summed E-state index contributed by atoms with van der Waals surface area (Å²) in [5.41, 5.74) is 1.57. The first-order valence-electron chi connectivity index (χ1n) is 8.86. The van der Waals surface area contributed by atoms with Crippen LogP contribution < -0.4 is 16.5 Å². The predicted octanol–water partition coefficient (Wildman–Crippen LogP) is 3.45. The molecule has 0 atom stereocenters. The summed E-state index contributed by atoms with van der Waals surface area (Å²) in [4.78, 5) is 24.2. The van der Waals surface area contributed by atoms with Crippen LogP contribution in [-0.2, 0) is 4.79 Å². The molecule has 0 radical (unpaired) electrons. The summed E-state index contributed by atoms with van der Waals surface area (Å²) in [5.74, 6) is 6.00. The molecule has 0 aliphatic rings. The van der Waals surface area contributed by atoms with E-state index in [1.807, 2.05) is 6.92 Å². The SMILES string of the molecule is CCNC(=O)c1cccc(NC(=O)CSc2nnc(-c3ccc(Cl)cc3Cl)n2N)c1. The average Bonchev–Trinajstić information content (AvgIpc) is 3.07. The summed E-state index contributed by atoms with van der Waals surface area (Å²) in [6.07, 6.45) is 0. The van der Waals surface area contributed by atoms with Crippen LogP contribution in [0.25, 0.3) is 11.4 Å². The molecule has 0 aliphatic carbocycles. The number of aromatic nitrogens is 3. The fourth-order valence-electron chi connectivity index (χ4n) is 2.56. The summed E-state index contributed by atoms with van der Waals surface area (Å²) in [6, 6.07) is 11.6. The first kappa shape index (κ1) is 21.9. The minimum Gasteiger partial charge on any atom is -0.352 e. The van der Waals surface area contributed by atoms with Crippen LogP contribution in [0.4, 0.5) is 5.69 Å². The Morgan fingerprint density at radius 1 is 1.17 bits per heavy atom. The highest BCUT2D eigenvalue weighted by atomic mass is 35.5. The maximum absolute atomic E-state index is 12.3. The van der Waals surface area contributed by atoms with Crippen LogP contribution in [0.5, 0.6) is 0 Å². The summed E-state index contributed by atoms with van der Waals surface area (Å²) in [7, 11) is 0. The topological polar surface area (TPSA) is 115 Å². The number of nitrogens with zero attached hydrogens (tertiary/aromatic N) is 3. The summed E-state index contributed by atoms with van der Waals surface area (Å²) in [5, 5.41) is 14.8. The van der Waals surface area contributed by atoms with Crippen LogP contribution in [0.1, 0.15) is 17.3 Å². The van der Waals surface area contributed by atoms with Crippen molar-refractivity contribution in [2.24, 2.45) is 0 Å². The minimum absolute atomic E-state index is 0.0507. The molecule has 8 nitrogen and oxygen atoms in total. The molecule has 0 fully saturated rings. The fourth-order valence-corrected chi connectivity index (χ4v) is 3.71. The Morgan fingerprint density at radius 3 is 2.70 bits per heavy atom. The molecule has 11 heteroatoms. The Hall–Kier alpha value is -2.75. The van der Waals surface area contributed by atoms with Gasteiger partial charge in [0.05, 0.1) is 10.8 Å². The van der Waals surface area contributed by atoms with Crippen molar-refractivity contribution in [2.45, 2.75) is 12.1 Å². The van der Waals surface area contributed by atoms with Gasteiger partial charge in [-0.3, -0.25) is 9.59 Å². The summed E-state index contributed by atoms with van der Waals surface area (Å²) < 4.78 is 1.27. The van der Waals surface area contributed by atoms with E-state index in [9.17, 15) is 9.59 Å². The van der Waals surface area contributed by atoms with Crippen molar-refractivity contribution in [1.29, 1.82) is 0 Å². The highest BCUT2D eigenvalue weighted by Crippen LogP contribution is 2.30. The van der Waals surface area contributed by atoms with E-state index in [4.69, 9.17) is 29.0 Å². The van der Waals surface area contributed by atoms with E-state index in [0.717, 1.165) is 11.8 Å². The lowest BCUT2D eigenvalue weighted by molar-refractivity contribution is -0.113. The Balaban J connectivity index is 1.64. The minimum atomic E-state index is -0.276. The lowest BCUT2D eigenvalue weighted by Gasteiger charge is -2.08. The van der Waals surface area contributed by atoms with Crippen molar-refractivity contribution in [3.8, 4) is 11.4 Å². The molecular weight excluding hydrogens is 447 g/mol. The number of carbonyl (C=O) groups excluding carboxylic acids is 2. The van der Waals surface area contributed by atoms with Gasteiger partial charge in [-0.15, -0.1) is 10.2 Å². The second kappa shape index (κ2) is 9.84. The molecule has 1 aromatic heterocycles. The van der Waals surface area contributed by atoms with Gasteiger partial charge >= 0.3 is 0 Å². The van der Waals surface area contributed by atoms with Gasteiger partial charge in [-0.25, -0.2) is 4.68 Å². The maximum atomic E-state index is 12.3. The Bertz CT molecular complexity index is 1090. The molecule has 0 bridgehead atoms. The zero-order valence-electron chi connectivity index (χ0n) is 15.9. The average molecular weight is 465 g/mol. The van der Waals surface area contributed by atoms with Gasteiger partial charge in [0, 0.05) is 28.4 Å². The lowest BCUT2D eigenvalue weighted by atomic mass is 10.2. The van der Waals surface area contributed by atoms with Crippen molar-refractivity contribution < 1.29 is 9.59 Å². The number of carbonyl (C=O) groups is 2. The van der Waals surface area contributed by atoms with Gasteiger partial charge in [0.2, 0.25) is 11.1 Å². The van der Waals surface area contributed by atoms with Gasteiger partial charge in [-0.05, 0) is 43.3 Å². The van der Waals surface area contributed by atoms with Gasteiger partial charge in [0.1, 0.15) is 0 Å². The predicted molar refractivity (Wildman–Crippen MR) is 119 cm³/mol. The number of anilines is 1. The van der Waals surface area contributed by atoms with Gasteiger partial charge < -0.3 is 16.5 Å². The first-order chi connectivity index (χ1) is 14.4. The van der Waals surface area contributed by atoms with Gasteiger partial charge in [-0.2, -0.15) is 0 Å². The van der Waals surface area contributed by atoms with Crippen LogP contribution in [0.2, 0.25) is 10.0 Å². The number of nitrogen functional groups attached to an aromatic ring is 1. The second-order valence-electron chi connectivity index (χ2n) is 6.08. The zero-order chi connectivity index (χ0) is 21.7. The second-order valence-corrected chi connectivity index (χ2v) is 7.86. The number of rotatable bonds is 7. The quantitative estimate of drug-likeness (QED) is 0.364. The van der Waals surface area contributed by atoms with Crippen molar-refractivity contribution in [1.82, 2.24) is 20.2 Å². The maximum Gasteiger partial charge on any atom is 0.251 e. The molecule has 30 heavy (non-hydrogen) atoms. The fraction of sp³-hybridized carbons (Fsp3) is 0.158. The number of benzene rings is 2. The van der Waals surface area contributed by atoms with E-state index >= 15 is 0 Å². The number of hydrogen-bond donors (Lipinski definition) is 3. The molecule has 156 valence electrons. The summed E-state index contributed by atoms with van der Waals surface area (Å²) >= 11 is 13.2. The van der Waals surface area contributed by atoms with E-state index in [1.165, 1.54) is 4.68 Å². The van der Waals surface area contributed by atoms with Crippen LogP contribution in [0, 0.1) is 0 Å². The number of nitrogens with two attached hydrogens (primary N) is 1. The van der Waals surface area contributed by atoms with Gasteiger partial charge in [0.25, 0.3) is 5.91 Å². The highest BCUT2D eigenvalue weighted by molar-refractivity contribution is 7.99. The number of hydrogen-bond acceptors (Lipinski definition) is 6. The van der Waals surface area contributed by atoms with E-state index in [-0.39, 0.29) is 17.6 Å². The monoisotopic (exact) mass is 464 g/mol. The Kier molecular flexibility index (Phi) is 7.20. The lowest BCUT2D eigenvalue weighted by Crippen LogP contribution is -2.23. The van der Waals surface area contributed by atoms with E-state index in [2.05, 4.69) is 20.8 Å². The molecule has 2 amide bonds. The molecule has 3 rings (SSSR count). The van der Waals surface area contributed by atoms with Crippen molar-refractivity contribution >= 4 is 52.5 Å².